The van der Waals surface area contributed by atoms with Gasteiger partial charge in [0.15, 0.2) is 11.5 Å². The lowest BCUT2D eigenvalue weighted by molar-refractivity contribution is -0.121. The van der Waals surface area contributed by atoms with Crippen molar-refractivity contribution < 1.29 is 23.8 Å². The third kappa shape index (κ3) is 8.41. The Balaban J connectivity index is 1.79. The van der Waals surface area contributed by atoms with Crippen LogP contribution in [0.5, 0.6) is 17.2 Å². The maximum absolute atomic E-state index is 12.4. The number of hydrazone groups is 1. The summed E-state index contributed by atoms with van der Waals surface area (Å²) in [5.41, 5.74) is 3.67. The molecule has 0 heterocycles. The minimum atomic E-state index is -0.505. The summed E-state index contributed by atoms with van der Waals surface area (Å²) in [7, 11) is 3.03. The number of carbonyl (C=O) groups excluding carboxylic acids is 2. The maximum atomic E-state index is 12.4. The highest BCUT2D eigenvalue weighted by atomic mass is 16.5. The number of rotatable bonds is 13. The fourth-order valence-corrected chi connectivity index (χ4v) is 3.05. The second-order valence-corrected chi connectivity index (χ2v) is 7.34. The van der Waals surface area contributed by atoms with Crippen molar-refractivity contribution >= 4 is 18.1 Å². The van der Waals surface area contributed by atoms with Crippen molar-refractivity contribution in [3.05, 3.63) is 53.6 Å². The Bertz CT molecular complexity index is 894. The van der Waals surface area contributed by atoms with E-state index in [0.717, 1.165) is 18.4 Å². The van der Waals surface area contributed by atoms with Crippen LogP contribution in [0.3, 0.4) is 0 Å². The van der Waals surface area contributed by atoms with Crippen molar-refractivity contribution in [3.8, 4) is 17.2 Å². The largest absolute Gasteiger partial charge is 0.493 e. The van der Waals surface area contributed by atoms with Crippen LogP contribution in [0.25, 0.3) is 0 Å². The molecular formula is C25H32N2O5. The average molecular weight is 441 g/mol. The summed E-state index contributed by atoms with van der Waals surface area (Å²) in [5.74, 6) is 0.791. The van der Waals surface area contributed by atoms with E-state index in [9.17, 15) is 9.59 Å². The van der Waals surface area contributed by atoms with Crippen LogP contribution in [0.15, 0.2) is 47.6 Å². The predicted octanol–water partition coefficient (Wildman–Crippen LogP) is 5.12. The minimum Gasteiger partial charge on any atom is -0.493 e. The first-order valence-electron chi connectivity index (χ1n) is 10.9. The molecule has 0 aromatic heterocycles. The van der Waals surface area contributed by atoms with Crippen molar-refractivity contribution in [1.29, 1.82) is 0 Å². The molecule has 2 rings (SSSR count). The number of nitrogens with one attached hydrogen (secondary N) is 1. The van der Waals surface area contributed by atoms with Gasteiger partial charge < -0.3 is 14.2 Å². The van der Waals surface area contributed by atoms with Crippen molar-refractivity contribution in [2.24, 2.45) is 5.10 Å². The van der Waals surface area contributed by atoms with Crippen molar-refractivity contribution in [1.82, 2.24) is 5.43 Å². The maximum Gasteiger partial charge on any atom is 0.343 e. The van der Waals surface area contributed by atoms with Crippen molar-refractivity contribution in [2.75, 3.05) is 14.2 Å². The molecule has 1 amide bonds. The standard InChI is InChI=1S/C25H32N2O5/c1-4-5-6-7-8-9-10-24(28)27-26-18-19-11-14-21(15-12-19)32-25(29)20-13-16-22(30-2)23(17-20)31-3/h11-18H,4-10H2,1-3H3,(H,27,28)/b26-18-. The van der Waals surface area contributed by atoms with E-state index in [0.29, 0.717) is 29.2 Å². The first kappa shape index (κ1) is 24.9. The lowest BCUT2D eigenvalue weighted by Crippen LogP contribution is -2.16. The average Bonchev–Trinajstić information content (AvgIpc) is 2.81. The topological polar surface area (TPSA) is 86.2 Å². The summed E-state index contributed by atoms with van der Waals surface area (Å²) < 4.78 is 15.8. The summed E-state index contributed by atoms with van der Waals surface area (Å²) in [6, 6.07) is 11.7. The summed E-state index contributed by atoms with van der Waals surface area (Å²) in [4.78, 5) is 24.2. The monoisotopic (exact) mass is 440 g/mol. The highest BCUT2D eigenvalue weighted by Crippen LogP contribution is 2.28. The summed E-state index contributed by atoms with van der Waals surface area (Å²) in [6.45, 7) is 2.19. The van der Waals surface area contributed by atoms with Crippen LogP contribution in [0.1, 0.15) is 67.8 Å². The smallest absolute Gasteiger partial charge is 0.343 e. The highest BCUT2D eigenvalue weighted by Gasteiger charge is 2.13. The third-order valence-electron chi connectivity index (χ3n) is 4.87. The van der Waals surface area contributed by atoms with Gasteiger partial charge in [-0.05, 0) is 54.4 Å². The number of hydrogen-bond donors (Lipinski definition) is 1. The second-order valence-electron chi connectivity index (χ2n) is 7.34. The summed E-state index contributed by atoms with van der Waals surface area (Å²) in [6.07, 6.45) is 8.86. The van der Waals surface area contributed by atoms with E-state index in [-0.39, 0.29) is 5.91 Å². The molecule has 2 aromatic carbocycles. The van der Waals surface area contributed by atoms with Gasteiger partial charge in [-0.3, -0.25) is 4.79 Å². The first-order chi connectivity index (χ1) is 15.6. The summed E-state index contributed by atoms with van der Waals surface area (Å²) in [5, 5.41) is 3.99. The van der Waals surface area contributed by atoms with Crippen molar-refractivity contribution in [3.63, 3.8) is 0 Å². The molecule has 0 unspecified atom stereocenters. The van der Waals surface area contributed by atoms with Gasteiger partial charge in [0, 0.05) is 6.42 Å². The van der Waals surface area contributed by atoms with E-state index in [1.807, 2.05) is 0 Å². The molecule has 32 heavy (non-hydrogen) atoms. The number of unbranched alkanes of at least 4 members (excludes halogenated alkanes) is 5. The molecule has 2 aromatic rings. The SMILES string of the molecule is CCCCCCCCC(=O)N/N=C\c1ccc(OC(=O)c2ccc(OC)c(OC)c2)cc1. The lowest BCUT2D eigenvalue weighted by Gasteiger charge is -2.09. The van der Waals surface area contributed by atoms with Crippen LogP contribution in [0.2, 0.25) is 0 Å². The van der Waals surface area contributed by atoms with E-state index in [2.05, 4.69) is 17.5 Å². The first-order valence-corrected chi connectivity index (χ1v) is 10.9. The van der Waals surface area contributed by atoms with Gasteiger partial charge in [0.05, 0.1) is 26.0 Å². The minimum absolute atomic E-state index is 0.0859. The molecule has 0 aliphatic rings. The molecule has 1 N–H and O–H groups in total. The van der Waals surface area contributed by atoms with Gasteiger partial charge in [-0.25, -0.2) is 10.2 Å². The van der Waals surface area contributed by atoms with Crippen LogP contribution < -0.4 is 19.6 Å². The zero-order chi connectivity index (χ0) is 23.2. The Morgan fingerprint density at radius 3 is 2.28 bits per heavy atom. The number of methoxy groups -OCH3 is 2. The molecular weight excluding hydrogens is 408 g/mol. The molecule has 172 valence electrons. The Morgan fingerprint density at radius 1 is 0.906 bits per heavy atom. The second kappa shape index (κ2) is 13.9. The number of carbonyl (C=O) groups is 2. The molecule has 0 aliphatic heterocycles. The molecule has 0 saturated carbocycles. The predicted molar refractivity (Wildman–Crippen MR) is 125 cm³/mol. The molecule has 7 heteroatoms. The van der Waals surface area contributed by atoms with Gasteiger partial charge in [-0.1, -0.05) is 39.0 Å². The number of hydrogen-bond acceptors (Lipinski definition) is 6. The zero-order valence-corrected chi connectivity index (χ0v) is 19.1. The molecule has 0 bridgehead atoms. The molecule has 0 radical (unpaired) electrons. The van der Waals surface area contributed by atoms with Crippen LogP contribution in [-0.2, 0) is 4.79 Å². The summed E-state index contributed by atoms with van der Waals surface area (Å²) >= 11 is 0. The third-order valence-corrected chi connectivity index (χ3v) is 4.87. The fourth-order valence-electron chi connectivity index (χ4n) is 3.05. The molecule has 0 fully saturated rings. The van der Waals surface area contributed by atoms with Crippen LogP contribution in [0.4, 0.5) is 0 Å². The highest BCUT2D eigenvalue weighted by molar-refractivity contribution is 5.92. The fraction of sp³-hybridized carbons (Fsp3) is 0.400. The van der Waals surface area contributed by atoms with Gasteiger partial charge in [-0.15, -0.1) is 0 Å². The molecule has 0 saturated heterocycles. The number of ether oxygens (including phenoxy) is 3. The van der Waals surface area contributed by atoms with Crippen LogP contribution in [-0.4, -0.2) is 32.3 Å². The number of nitrogens with zero attached hydrogens (tertiary/aromatic N) is 1. The van der Waals surface area contributed by atoms with Gasteiger partial charge in [0.25, 0.3) is 0 Å². The van der Waals surface area contributed by atoms with Gasteiger partial charge in [0.2, 0.25) is 5.91 Å². The van der Waals surface area contributed by atoms with E-state index in [4.69, 9.17) is 14.2 Å². The van der Waals surface area contributed by atoms with Gasteiger partial charge >= 0.3 is 5.97 Å². The van der Waals surface area contributed by atoms with Crippen LogP contribution >= 0.6 is 0 Å². The zero-order valence-electron chi connectivity index (χ0n) is 19.1. The van der Waals surface area contributed by atoms with E-state index < -0.39 is 5.97 Å². The number of benzene rings is 2. The molecule has 0 spiro atoms. The number of amides is 1. The Hall–Kier alpha value is -3.35. The quantitative estimate of drug-likeness (QED) is 0.154. The van der Waals surface area contributed by atoms with Gasteiger partial charge in [-0.2, -0.15) is 5.10 Å². The Labute approximate surface area is 189 Å². The molecule has 7 nitrogen and oxygen atoms in total. The Morgan fingerprint density at radius 2 is 1.59 bits per heavy atom. The van der Waals surface area contributed by atoms with Crippen molar-refractivity contribution in [2.45, 2.75) is 51.9 Å². The van der Waals surface area contributed by atoms with E-state index >= 15 is 0 Å². The molecule has 0 aliphatic carbocycles. The Kier molecular flexibility index (Phi) is 10.8. The van der Waals surface area contributed by atoms with E-state index in [1.54, 1.807) is 48.7 Å². The lowest BCUT2D eigenvalue weighted by atomic mass is 10.1. The van der Waals surface area contributed by atoms with Gasteiger partial charge in [0.1, 0.15) is 5.75 Å². The van der Waals surface area contributed by atoms with E-state index in [1.165, 1.54) is 39.9 Å². The molecule has 0 atom stereocenters. The van der Waals surface area contributed by atoms with Crippen LogP contribution in [0, 0.1) is 0 Å². The normalized spacial score (nSPS) is 10.7. The number of esters is 1.